The van der Waals surface area contributed by atoms with E-state index in [1.165, 1.54) is 6.07 Å². The second kappa shape index (κ2) is 8.58. The average Bonchev–Trinajstić information content (AvgIpc) is 3.08. The second-order valence-electron chi connectivity index (χ2n) is 5.56. The summed E-state index contributed by atoms with van der Waals surface area (Å²) < 4.78 is 24.3. The molecule has 0 spiro atoms. The molecule has 1 heterocycles. The molecule has 1 unspecified atom stereocenters. The first kappa shape index (κ1) is 18.9. The van der Waals surface area contributed by atoms with Crippen molar-refractivity contribution in [1.29, 1.82) is 0 Å². The standard InChI is InChI=1S/C12H14N2OS.C7H6F2/c1-8(9-3-5-10(15)6-4-9)11-7-16-12(13-2)14-11;1-5-2-3-6(8)7(9)4-5/h3-8,15H,1-2H3,(H,13,14);2-4H,1H3. The number of hydrogen-bond acceptors (Lipinski definition) is 4. The van der Waals surface area contributed by atoms with Crippen molar-refractivity contribution in [3.05, 3.63) is 76.3 Å². The molecular formula is C19H20F2N2OS. The van der Waals surface area contributed by atoms with Gasteiger partial charge in [0.1, 0.15) is 5.75 Å². The first-order valence-corrected chi connectivity index (χ1v) is 8.62. The predicted molar refractivity (Wildman–Crippen MR) is 98.4 cm³/mol. The number of anilines is 1. The van der Waals surface area contributed by atoms with E-state index in [9.17, 15) is 13.9 Å². The quantitative estimate of drug-likeness (QED) is 0.663. The zero-order chi connectivity index (χ0) is 18.4. The third kappa shape index (κ3) is 5.26. The molecule has 132 valence electrons. The Kier molecular flexibility index (Phi) is 6.47. The lowest BCUT2D eigenvalue weighted by Crippen LogP contribution is -1.96. The van der Waals surface area contributed by atoms with Crippen LogP contribution in [0, 0.1) is 18.6 Å². The number of thiazole rings is 1. The Labute approximate surface area is 150 Å². The van der Waals surface area contributed by atoms with Crippen LogP contribution in [0.2, 0.25) is 0 Å². The van der Waals surface area contributed by atoms with Crippen molar-refractivity contribution in [2.45, 2.75) is 19.8 Å². The summed E-state index contributed by atoms with van der Waals surface area (Å²) in [5.74, 6) is -1.03. The van der Waals surface area contributed by atoms with E-state index >= 15 is 0 Å². The summed E-state index contributed by atoms with van der Waals surface area (Å²) in [6.07, 6.45) is 0. The molecule has 0 aliphatic carbocycles. The molecule has 0 fully saturated rings. The number of aromatic nitrogens is 1. The van der Waals surface area contributed by atoms with Gasteiger partial charge in [-0.1, -0.05) is 25.1 Å². The van der Waals surface area contributed by atoms with E-state index < -0.39 is 11.6 Å². The minimum Gasteiger partial charge on any atom is -0.508 e. The SMILES string of the molecule is CNc1nc(C(C)c2ccc(O)cc2)cs1.Cc1ccc(F)c(F)c1. The molecule has 0 aliphatic heterocycles. The third-order valence-electron chi connectivity index (χ3n) is 3.65. The highest BCUT2D eigenvalue weighted by molar-refractivity contribution is 7.13. The number of hydrogen-bond donors (Lipinski definition) is 2. The lowest BCUT2D eigenvalue weighted by atomic mass is 9.99. The highest BCUT2D eigenvalue weighted by Crippen LogP contribution is 2.28. The van der Waals surface area contributed by atoms with Crippen LogP contribution in [0.25, 0.3) is 0 Å². The number of rotatable bonds is 3. The van der Waals surface area contributed by atoms with Crippen LogP contribution in [-0.4, -0.2) is 17.1 Å². The van der Waals surface area contributed by atoms with Gasteiger partial charge in [0.25, 0.3) is 0 Å². The lowest BCUT2D eigenvalue weighted by Gasteiger charge is -2.08. The number of nitrogens with zero attached hydrogens (tertiary/aromatic N) is 1. The van der Waals surface area contributed by atoms with E-state index in [0.717, 1.165) is 34.1 Å². The van der Waals surface area contributed by atoms with Crippen LogP contribution in [0.3, 0.4) is 0 Å². The van der Waals surface area contributed by atoms with Gasteiger partial charge in [-0.2, -0.15) is 0 Å². The Morgan fingerprint density at radius 1 is 1.08 bits per heavy atom. The number of benzene rings is 2. The van der Waals surface area contributed by atoms with Gasteiger partial charge in [0.05, 0.1) is 5.69 Å². The summed E-state index contributed by atoms with van der Waals surface area (Å²) in [6, 6.07) is 11.1. The van der Waals surface area contributed by atoms with Gasteiger partial charge < -0.3 is 10.4 Å². The second-order valence-corrected chi connectivity index (χ2v) is 6.42. The Balaban J connectivity index is 0.000000212. The maximum atomic E-state index is 12.2. The van der Waals surface area contributed by atoms with E-state index in [0.29, 0.717) is 5.75 Å². The van der Waals surface area contributed by atoms with Crippen LogP contribution < -0.4 is 5.32 Å². The maximum Gasteiger partial charge on any atom is 0.182 e. The molecule has 3 aromatic rings. The van der Waals surface area contributed by atoms with Gasteiger partial charge >= 0.3 is 0 Å². The van der Waals surface area contributed by atoms with Crippen molar-refractivity contribution in [3.63, 3.8) is 0 Å². The van der Waals surface area contributed by atoms with E-state index in [4.69, 9.17) is 0 Å². The molecule has 2 N–H and O–H groups in total. The zero-order valence-electron chi connectivity index (χ0n) is 14.3. The maximum absolute atomic E-state index is 12.2. The molecule has 0 saturated carbocycles. The molecule has 3 nitrogen and oxygen atoms in total. The van der Waals surface area contributed by atoms with Crippen molar-refractivity contribution in [3.8, 4) is 5.75 Å². The van der Waals surface area contributed by atoms with Gasteiger partial charge in [-0.3, -0.25) is 0 Å². The van der Waals surface area contributed by atoms with Gasteiger partial charge in [-0.25, -0.2) is 13.8 Å². The molecule has 0 bridgehead atoms. The molecular weight excluding hydrogens is 342 g/mol. The first-order valence-electron chi connectivity index (χ1n) is 7.74. The normalized spacial score (nSPS) is 11.4. The van der Waals surface area contributed by atoms with Crippen LogP contribution in [0.4, 0.5) is 13.9 Å². The van der Waals surface area contributed by atoms with Crippen molar-refractivity contribution in [2.24, 2.45) is 0 Å². The molecule has 6 heteroatoms. The van der Waals surface area contributed by atoms with Crippen LogP contribution in [-0.2, 0) is 0 Å². The highest BCUT2D eigenvalue weighted by atomic mass is 32.1. The van der Waals surface area contributed by atoms with Crippen molar-refractivity contribution in [2.75, 3.05) is 12.4 Å². The zero-order valence-corrected chi connectivity index (χ0v) is 15.1. The molecule has 0 amide bonds. The fourth-order valence-corrected chi connectivity index (χ4v) is 2.90. The van der Waals surface area contributed by atoms with Crippen LogP contribution in [0.1, 0.15) is 29.7 Å². The molecule has 1 aromatic heterocycles. The van der Waals surface area contributed by atoms with E-state index in [1.807, 2.05) is 19.2 Å². The largest absolute Gasteiger partial charge is 0.508 e. The summed E-state index contributed by atoms with van der Waals surface area (Å²) in [5, 5.41) is 15.2. The van der Waals surface area contributed by atoms with Crippen LogP contribution in [0.5, 0.6) is 5.75 Å². The summed E-state index contributed by atoms with van der Waals surface area (Å²) in [4.78, 5) is 4.47. The first-order chi connectivity index (χ1) is 11.9. The van der Waals surface area contributed by atoms with E-state index in [-0.39, 0.29) is 5.92 Å². The van der Waals surface area contributed by atoms with Gasteiger partial charge in [-0.15, -0.1) is 11.3 Å². The van der Waals surface area contributed by atoms with E-state index in [2.05, 4.69) is 22.6 Å². The molecule has 3 rings (SSSR count). The van der Waals surface area contributed by atoms with Crippen molar-refractivity contribution in [1.82, 2.24) is 4.98 Å². The number of aromatic hydroxyl groups is 1. The molecule has 2 aromatic carbocycles. The number of aryl methyl sites for hydroxylation is 1. The lowest BCUT2D eigenvalue weighted by molar-refractivity contribution is 0.475. The molecule has 1 atom stereocenters. The summed E-state index contributed by atoms with van der Waals surface area (Å²) in [7, 11) is 1.87. The Hall–Kier alpha value is -2.47. The molecule has 25 heavy (non-hydrogen) atoms. The Bertz CT molecular complexity index is 819. The number of halogens is 2. The van der Waals surface area contributed by atoms with E-state index in [1.54, 1.807) is 30.4 Å². The van der Waals surface area contributed by atoms with Crippen molar-refractivity contribution < 1.29 is 13.9 Å². The van der Waals surface area contributed by atoms with Gasteiger partial charge in [0.15, 0.2) is 16.8 Å². The third-order valence-corrected chi connectivity index (χ3v) is 4.53. The predicted octanol–water partition coefficient (Wildman–Crippen LogP) is 5.32. The summed E-state index contributed by atoms with van der Waals surface area (Å²) >= 11 is 1.60. The monoisotopic (exact) mass is 362 g/mol. The number of nitrogens with one attached hydrogen (secondary N) is 1. The molecule has 0 saturated heterocycles. The minimum absolute atomic E-state index is 0.249. The smallest absolute Gasteiger partial charge is 0.182 e. The average molecular weight is 362 g/mol. The Morgan fingerprint density at radius 3 is 2.28 bits per heavy atom. The minimum atomic E-state index is -0.791. The van der Waals surface area contributed by atoms with Crippen molar-refractivity contribution >= 4 is 16.5 Å². The summed E-state index contributed by atoms with van der Waals surface area (Å²) in [6.45, 7) is 3.82. The fraction of sp³-hybridized carbons (Fsp3) is 0.211. The molecule has 0 radical (unpaired) electrons. The van der Waals surface area contributed by atoms with Crippen LogP contribution in [0.15, 0.2) is 47.8 Å². The number of phenols is 1. The Morgan fingerprint density at radius 2 is 1.76 bits per heavy atom. The van der Waals surface area contributed by atoms with Gasteiger partial charge in [0, 0.05) is 18.3 Å². The number of phenolic OH excluding ortho intramolecular Hbond substituents is 1. The fourth-order valence-electron chi connectivity index (χ4n) is 2.13. The van der Waals surface area contributed by atoms with Gasteiger partial charge in [-0.05, 0) is 42.3 Å². The highest BCUT2D eigenvalue weighted by Gasteiger charge is 2.11. The van der Waals surface area contributed by atoms with Gasteiger partial charge in [0.2, 0.25) is 0 Å². The van der Waals surface area contributed by atoms with Crippen LogP contribution >= 0.6 is 11.3 Å². The summed E-state index contributed by atoms with van der Waals surface area (Å²) in [5.41, 5.74) is 2.94. The molecule has 0 aliphatic rings. The topological polar surface area (TPSA) is 45.2 Å².